The molecule has 0 aliphatic heterocycles. The molecule has 0 atom stereocenters. The van der Waals surface area contributed by atoms with E-state index in [2.05, 4.69) is 47.7 Å². The van der Waals surface area contributed by atoms with Crippen LogP contribution in [0.2, 0.25) is 0 Å². The lowest BCUT2D eigenvalue weighted by molar-refractivity contribution is -0.119. The van der Waals surface area contributed by atoms with Gasteiger partial charge in [0, 0.05) is 15.7 Å². The predicted octanol–water partition coefficient (Wildman–Crippen LogP) is 5.61. The molecule has 6 nitrogen and oxygen atoms in total. The molecule has 0 radical (unpaired) electrons. The average Bonchev–Trinajstić information content (AvgIpc) is 2.75. The monoisotopic (exact) mass is 557 g/mol. The Labute approximate surface area is 203 Å². The fourth-order valence-electron chi connectivity index (χ4n) is 2.87. The first-order chi connectivity index (χ1) is 15.3. The molecular formula is C24H21Br2N3O3. The third-order valence-electron chi connectivity index (χ3n) is 4.46. The van der Waals surface area contributed by atoms with Crippen LogP contribution in [0.25, 0.3) is 0 Å². The summed E-state index contributed by atoms with van der Waals surface area (Å²) in [5, 5.41) is 7.09. The molecule has 0 saturated heterocycles. The molecule has 2 N–H and O–H groups in total. The van der Waals surface area contributed by atoms with Crippen molar-refractivity contribution in [2.75, 3.05) is 11.9 Å². The number of hydrogen-bond acceptors (Lipinski definition) is 5. The van der Waals surface area contributed by atoms with Gasteiger partial charge in [0.2, 0.25) is 0 Å². The van der Waals surface area contributed by atoms with E-state index in [4.69, 9.17) is 4.74 Å². The van der Waals surface area contributed by atoms with E-state index in [1.54, 1.807) is 30.3 Å². The first kappa shape index (κ1) is 23.7. The number of halogens is 2. The smallest absolute Gasteiger partial charge is 0.343 e. The molecule has 0 aromatic heterocycles. The van der Waals surface area contributed by atoms with Crippen molar-refractivity contribution < 1.29 is 14.3 Å². The van der Waals surface area contributed by atoms with Crippen LogP contribution in [0.15, 0.2) is 74.7 Å². The molecule has 164 valence electrons. The number of benzene rings is 3. The van der Waals surface area contributed by atoms with Crippen LogP contribution in [0.4, 0.5) is 5.69 Å². The van der Waals surface area contributed by atoms with E-state index >= 15 is 0 Å². The maximum absolute atomic E-state index is 12.6. The van der Waals surface area contributed by atoms with Crippen molar-refractivity contribution in [2.24, 2.45) is 5.10 Å². The molecule has 0 bridgehead atoms. The van der Waals surface area contributed by atoms with E-state index in [0.29, 0.717) is 21.3 Å². The quantitative estimate of drug-likeness (QED) is 0.171. The van der Waals surface area contributed by atoms with Crippen molar-refractivity contribution in [3.63, 3.8) is 0 Å². The Hall–Kier alpha value is -2.97. The number of carbonyl (C=O) groups excluding carboxylic acids is 2. The van der Waals surface area contributed by atoms with Gasteiger partial charge in [-0.05, 0) is 65.7 Å². The zero-order chi connectivity index (χ0) is 23.1. The summed E-state index contributed by atoms with van der Waals surface area (Å²) >= 11 is 6.84. The summed E-state index contributed by atoms with van der Waals surface area (Å²) in [5.41, 5.74) is 6.32. The van der Waals surface area contributed by atoms with Crippen molar-refractivity contribution in [1.29, 1.82) is 0 Å². The van der Waals surface area contributed by atoms with Crippen LogP contribution in [0.5, 0.6) is 5.75 Å². The van der Waals surface area contributed by atoms with Gasteiger partial charge >= 0.3 is 5.97 Å². The van der Waals surface area contributed by atoms with E-state index < -0.39 is 5.97 Å². The Morgan fingerprint density at radius 3 is 2.56 bits per heavy atom. The summed E-state index contributed by atoms with van der Waals surface area (Å²) in [5.74, 6) is -0.495. The van der Waals surface area contributed by atoms with Gasteiger partial charge in [-0.1, -0.05) is 51.8 Å². The van der Waals surface area contributed by atoms with Gasteiger partial charge in [0.25, 0.3) is 5.91 Å². The fourth-order valence-corrected chi connectivity index (χ4v) is 4.21. The molecular weight excluding hydrogens is 538 g/mol. The highest BCUT2D eigenvalue weighted by molar-refractivity contribution is 9.11. The molecule has 8 heteroatoms. The number of anilines is 1. The highest BCUT2D eigenvalue weighted by atomic mass is 79.9. The average molecular weight is 559 g/mol. The summed E-state index contributed by atoms with van der Waals surface area (Å²) in [4.78, 5) is 24.7. The normalized spacial score (nSPS) is 10.8. The zero-order valence-electron chi connectivity index (χ0n) is 17.5. The van der Waals surface area contributed by atoms with Crippen LogP contribution < -0.4 is 15.5 Å². The zero-order valence-corrected chi connectivity index (χ0v) is 20.7. The number of aryl methyl sites for hydroxylation is 2. The van der Waals surface area contributed by atoms with Crippen LogP contribution in [0, 0.1) is 13.8 Å². The van der Waals surface area contributed by atoms with Gasteiger partial charge in [0.1, 0.15) is 0 Å². The number of para-hydroxylation sites is 1. The van der Waals surface area contributed by atoms with E-state index in [9.17, 15) is 9.59 Å². The van der Waals surface area contributed by atoms with Gasteiger partial charge in [-0.25, -0.2) is 10.2 Å². The van der Waals surface area contributed by atoms with Crippen LogP contribution in [0.3, 0.4) is 0 Å². The van der Waals surface area contributed by atoms with Crippen molar-refractivity contribution in [2.45, 2.75) is 13.8 Å². The van der Waals surface area contributed by atoms with Crippen LogP contribution in [-0.4, -0.2) is 24.6 Å². The lowest BCUT2D eigenvalue weighted by Gasteiger charge is -2.11. The molecule has 3 rings (SSSR count). The highest BCUT2D eigenvalue weighted by Gasteiger charge is 2.15. The van der Waals surface area contributed by atoms with Crippen LogP contribution in [0.1, 0.15) is 27.0 Å². The van der Waals surface area contributed by atoms with Crippen LogP contribution >= 0.6 is 31.9 Å². The lowest BCUT2D eigenvalue weighted by atomic mass is 10.1. The van der Waals surface area contributed by atoms with Gasteiger partial charge < -0.3 is 10.1 Å². The molecule has 0 aliphatic carbocycles. The minimum absolute atomic E-state index is 0.0690. The topological polar surface area (TPSA) is 79.8 Å². The molecule has 0 spiro atoms. The molecule has 1 amide bonds. The molecule has 0 saturated carbocycles. The summed E-state index contributed by atoms with van der Waals surface area (Å²) < 4.78 is 6.95. The van der Waals surface area contributed by atoms with E-state index in [-0.39, 0.29) is 12.5 Å². The second kappa shape index (κ2) is 11.1. The number of nitrogens with one attached hydrogen (secondary N) is 2. The maximum atomic E-state index is 12.6. The van der Waals surface area contributed by atoms with Crippen molar-refractivity contribution >= 4 is 55.6 Å². The molecule has 0 fully saturated rings. The van der Waals surface area contributed by atoms with Gasteiger partial charge in [-0.3, -0.25) is 4.79 Å². The first-order valence-corrected chi connectivity index (χ1v) is 11.3. The summed E-state index contributed by atoms with van der Waals surface area (Å²) in [6.07, 6.45) is 1.43. The molecule has 0 heterocycles. The number of esters is 1. The third-order valence-corrected chi connectivity index (χ3v) is 5.51. The maximum Gasteiger partial charge on any atom is 0.343 e. The Balaban J connectivity index is 1.69. The summed E-state index contributed by atoms with van der Waals surface area (Å²) in [6, 6.07) is 18.4. The minimum atomic E-state index is -0.488. The van der Waals surface area contributed by atoms with Gasteiger partial charge in [-0.15, -0.1) is 0 Å². The van der Waals surface area contributed by atoms with Gasteiger partial charge in [0.05, 0.1) is 22.8 Å². The largest absolute Gasteiger partial charge is 0.421 e. The van der Waals surface area contributed by atoms with Gasteiger partial charge in [-0.2, -0.15) is 5.10 Å². The number of ether oxygens (including phenoxy) is 1. The Bertz CT molecular complexity index is 1180. The number of hydrazone groups is 1. The third kappa shape index (κ3) is 6.51. The Kier molecular flexibility index (Phi) is 8.19. The van der Waals surface area contributed by atoms with E-state index in [1.165, 1.54) is 6.21 Å². The van der Waals surface area contributed by atoms with Crippen molar-refractivity contribution in [3.05, 3.63) is 91.9 Å². The summed E-state index contributed by atoms with van der Waals surface area (Å²) in [6.45, 7) is 3.93. The second-order valence-corrected chi connectivity index (χ2v) is 8.80. The van der Waals surface area contributed by atoms with Crippen molar-refractivity contribution in [1.82, 2.24) is 5.43 Å². The van der Waals surface area contributed by atoms with Crippen LogP contribution in [-0.2, 0) is 4.79 Å². The number of carbonyl (C=O) groups is 2. The molecule has 0 aliphatic rings. The highest BCUT2D eigenvalue weighted by Crippen LogP contribution is 2.32. The van der Waals surface area contributed by atoms with Gasteiger partial charge in [0.15, 0.2) is 5.75 Å². The van der Waals surface area contributed by atoms with E-state index in [0.717, 1.165) is 21.3 Å². The standard InChI is InChI=1S/C24H21Br2N3O3/c1-15-6-5-8-17(10-15)24(31)32-23-18(11-19(25)12-20(23)26)13-28-29-22(30)14-27-21-9-4-3-7-16(21)2/h3-13,27H,14H2,1-2H3,(H,29,30)/b28-13+. The van der Waals surface area contributed by atoms with Crippen molar-refractivity contribution in [3.8, 4) is 5.75 Å². The summed E-state index contributed by atoms with van der Waals surface area (Å²) in [7, 11) is 0. The first-order valence-electron chi connectivity index (χ1n) is 9.73. The molecule has 0 unspecified atom stereocenters. The number of hydrogen-bond donors (Lipinski definition) is 2. The molecule has 3 aromatic rings. The number of nitrogens with zero attached hydrogens (tertiary/aromatic N) is 1. The number of rotatable bonds is 7. The minimum Gasteiger partial charge on any atom is -0.421 e. The lowest BCUT2D eigenvalue weighted by Crippen LogP contribution is -2.26. The fraction of sp³-hybridized carbons (Fsp3) is 0.125. The Morgan fingerprint density at radius 1 is 1.03 bits per heavy atom. The van der Waals surface area contributed by atoms with E-state index in [1.807, 2.05) is 44.2 Å². The Morgan fingerprint density at radius 2 is 1.81 bits per heavy atom. The molecule has 32 heavy (non-hydrogen) atoms. The second-order valence-electron chi connectivity index (χ2n) is 7.03. The molecule has 3 aromatic carbocycles. The number of amides is 1. The SMILES string of the molecule is Cc1cccc(C(=O)Oc2c(Br)cc(Br)cc2/C=N/NC(=O)CNc2ccccc2C)c1. The predicted molar refractivity (Wildman–Crippen MR) is 133 cm³/mol.